The van der Waals surface area contributed by atoms with Gasteiger partial charge in [0, 0.05) is 7.05 Å². The molecule has 1 aromatic carbocycles. The van der Waals surface area contributed by atoms with Crippen LogP contribution in [0.2, 0.25) is 5.02 Å². The third kappa shape index (κ3) is 2.68. The predicted molar refractivity (Wildman–Crippen MR) is 52.1 cm³/mol. The van der Waals surface area contributed by atoms with Gasteiger partial charge in [0.15, 0.2) is 0 Å². The Labute approximate surface area is 86.2 Å². The first-order valence-corrected chi connectivity index (χ1v) is 4.33. The Hall–Kier alpha value is -1.13. The van der Waals surface area contributed by atoms with Crippen molar-refractivity contribution < 1.29 is 9.18 Å². The fourth-order valence-corrected chi connectivity index (χ4v) is 1.15. The van der Waals surface area contributed by atoms with E-state index in [9.17, 15) is 9.18 Å². The number of hydrazine groups is 1. The van der Waals surface area contributed by atoms with E-state index < -0.39 is 5.82 Å². The number of amides is 1. The molecule has 5 heteroatoms. The van der Waals surface area contributed by atoms with Gasteiger partial charge in [-0.05, 0) is 17.7 Å². The number of nitrogens with zero attached hydrogens (tertiary/aromatic N) is 1. The van der Waals surface area contributed by atoms with E-state index in [1.165, 1.54) is 25.2 Å². The van der Waals surface area contributed by atoms with Crippen molar-refractivity contribution in [3.8, 4) is 0 Å². The second-order valence-electron chi connectivity index (χ2n) is 2.93. The molecule has 0 unspecified atom stereocenters. The van der Waals surface area contributed by atoms with Crippen LogP contribution < -0.4 is 5.84 Å². The van der Waals surface area contributed by atoms with Gasteiger partial charge >= 0.3 is 0 Å². The second-order valence-corrected chi connectivity index (χ2v) is 3.34. The quantitative estimate of drug-likeness (QED) is 0.461. The Morgan fingerprint density at radius 3 is 2.79 bits per heavy atom. The van der Waals surface area contributed by atoms with Crippen LogP contribution in [-0.2, 0) is 11.2 Å². The summed E-state index contributed by atoms with van der Waals surface area (Å²) in [6.07, 6.45) is 0.118. The molecule has 14 heavy (non-hydrogen) atoms. The summed E-state index contributed by atoms with van der Waals surface area (Å²) in [6, 6.07) is 4.14. The first-order chi connectivity index (χ1) is 6.50. The Morgan fingerprint density at radius 1 is 1.64 bits per heavy atom. The van der Waals surface area contributed by atoms with Crippen LogP contribution in [-0.4, -0.2) is 18.0 Å². The molecule has 0 bridgehead atoms. The average molecular weight is 217 g/mol. The van der Waals surface area contributed by atoms with Crippen molar-refractivity contribution in [3.05, 3.63) is 34.6 Å². The van der Waals surface area contributed by atoms with E-state index in [-0.39, 0.29) is 17.4 Å². The van der Waals surface area contributed by atoms with E-state index in [4.69, 9.17) is 17.4 Å². The maximum absolute atomic E-state index is 12.7. The Morgan fingerprint density at radius 2 is 2.29 bits per heavy atom. The Balaban J connectivity index is 2.78. The summed E-state index contributed by atoms with van der Waals surface area (Å²) in [6.45, 7) is 0. The number of carbonyl (C=O) groups is 1. The minimum atomic E-state index is -0.496. The minimum Gasteiger partial charge on any atom is -0.284 e. The van der Waals surface area contributed by atoms with Crippen molar-refractivity contribution in [3.63, 3.8) is 0 Å². The van der Waals surface area contributed by atoms with Crippen LogP contribution in [0.5, 0.6) is 0 Å². The van der Waals surface area contributed by atoms with Gasteiger partial charge in [-0.2, -0.15) is 0 Å². The van der Waals surface area contributed by atoms with Gasteiger partial charge < -0.3 is 0 Å². The summed E-state index contributed by atoms with van der Waals surface area (Å²) in [5.41, 5.74) is 0.638. The van der Waals surface area contributed by atoms with Gasteiger partial charge in [-0.1, -0.05) is 17.7 Å². The SMILES string of the molecule is CN(N)C(=O)Cc1ccc(F)c(Cl)c1. The lowest BCUT2D eigenvalue weighted by Crippen LogP contribution is -2.34. The highest BCUT2D eigenvalue weighted by atomic mass is 35.5. The lowest BCUT2D eigenvalue weighted by Gasteiger charge is -2.09. The number of rotatable bonds is 2. The molecule has 0 saturated carbocycles. The van der Waals surface area contributed by atoms with Crippen molar-refractivity contribution >= 4 is 17.5 Å². The average Bonchev–Trinajstić information content (AvgIpc) is 2.11. The number of hydrogen-bond donors (Lipinski definition) is 1. The van der Waals surface area contributed by atoms with Gasteiger partial charge in [0.05, 0.1) is 11.4 Å². The molecule has 1 rings (SSSR count). The Bertz CT molecular complexity index is 355. The van der Waals surface area contributed by atoms with Crippen LogP contribution in [0.15, 0.2) is 18.2 Å². The highest BCUT2D eigenvalue weighted by Gasteiger charge is 2.07. The third-order valence-corrected chi connectivity index (χ3v) is 2.02. The molecule has 0 fully saturated rings. The zero-order valence-electron chi connectivity index (χ0n) is 7.63. The number of likely N-dealkylation sites (N-methyl/N-ethyl adjacent to an activating group) is 1. The van der Waals surface area contributed by atoms with Crippen LogP contribution in [0.1, 0.15) is 5.56 Å². The van der Waals surface area contributed by atoms with E-state index >= 15 is 0 Å². The second kappa shape index (κ2) is 4.39. The number of hydrogen-bond acceptors (Lipinski definition) is 2. The van der Waals surface area contributed by atoms with Crippen molar-refractivity contribution in [2.24, 2.45) is 5.84 Å². The highest BCUT2D eigenvalue weighted by molar-refractivity contribution is 6.30. The van der Waals surface area contributed by atoms with Crippen LogP contribution in [0, 0.1) is 5.82 Å². The summed E-state index contributed by atoms with van der Waals surface area (Å²) < 4.78 is 12.7. The molecule has 0 atom stereocenters. The van der Waals surface area contributed by atoms with Crippen molar-refractivity contribution in [2.45, 2.75) is 6.42 Å². The molecule has 0 aliphatic rings. The highest BCUT2D eigenvalue weighted by Crippen LogP contribution is 2.16. The fourth-order valence-electron chi connectivity index (χ4n) is 0.949. The molecule has 76 valence electrons. The molecular formula is C9H10ClFN2O. The van der Waals surface area contributed by atoms with Gasteiger partial charge in [0.25, 0.3) is 0 Å². The van der Waals surface area contributed by atoms with Gasteiger partial charge in [-0.25, -0.2) is 10.2 Å². The summed E-state index contributed by atoms with van der Waals surface area (Å²) in [5, 5.41) is 0.993. The first kappa shape index (κ1) is 10.9. The molecule has 2 N–H and O–H groups in total. The first-order valence-electron chi connectivity index (χ1n) is 3.96. The largest absolute Gasteiger partial charge is 0.284 e. The lowest BCUT2D eigenvalue weighted by atomic mass is 10.1. The lowest BCUT2D eigenvalue weighted by molar-refractivity contribution is -0.129. The van der Waals surface area contributed by atoms with Crippen molar-refractivity contribution in [2.75, 3.05) is 7.05 Å². The molecule has 0 saturated heterocycles. The summed E-state index contributed by atoms with van der Waals surface area (Å²) in [7, 11) is 1.45. The van der Waals surface area contributed by atoms with Gasteiger partial charge in [0.1, 0.15) is 5.82 Å². The van der Waals surface area contributed by atoms with E-state index in [1.54, 1.807) is 0 Å². The topological polar surface area (TPSA) is 46.3 Å². The predicted octanol–water partition coefficient (Wildman–Crippen LogP) is 1.35. The summed E-state index contributed by atoms with van der Waals surface area (Å²) in [4.78, 5) is 11.2. The zero-order chi connectivity index (χ0) is 10.7. The van der Waals surface area contributed by atoms with E-state index in [2.05, 4.69) is 0 Å². The monoisotopic (exact) mass is 216 g/mol. The molecule has 0 aliphatic heterocycles. The molecule has 1 amide bonds. The van der Waals surface area contributed by atoms with Gasteiger partial charge in [-0.3, -0.25) is 9.80 Å². The van der Waals surface area contributed by atoms with Crippen molar-refractivity contribution in [1.29, 1.82) is 0 Å². The Kier molecular flexibility index (Phi) is 3.43. The van der Waals surface area contributed by atoms with Crippen LogP contribution in [0.3, 0.4) is 0 Å². The van der Waals surface area contributed by atoms with Gasteiger partial charge in [0.2, 0.25) is 5.91 Å². The molecule has 1 aromatic rings. The maximum atomic E-state index is 12.7. The van der Waals surface area contributed by atoms with E-state index in [0.29, 0.717) is 5.56 Å². The summed E-state index contributed by atoms with van der Waals surface area (Å²) in [5.74, 6) is 4.48. The smallest absolute Gasteiger partial charge is 0.240 e. The van der Waals surface area contributed by atoms with Crippen LogP contribution >= 0.6 is 11.6 Å². The molecule has 0 radical (unpaired) electrons. The zero-order valence-corrected chi connectivity index (χ0v) is 8.38. The van der Waals surface area contributed by atoms with E-state index in [0.717, 1.165) is 5.01 Å². The van der Waals surface area contributed by atoms with Gasteiger partial charge in [-0.15, -0.1) is 0 Å². The number of carbonyl (C=O) groups excluding carboxylic acids is 1. The molecule has 0 heterocycles. The molecule has 0 aromatic heterocycles. The number of halogens is 2. The summed E-state index contributed by atoms with van der Waals surface area (Å²) >= 11 is 5.55. The molecular weight excluding hydrogens is 207 g/mol. The molecule has 0 spiro atoms. The van der Waals surface area contributed by atoms with Crippen LogP contribution in [0.4, 0.5) is 4.39 Å². The molecule has 0 aliphatic carbocycles. The minimum absolute atomic E-state index is 0.00924. The van der Waals surface area contributed by atoms with Crippen LogP contribution in [0.25, 0.3) is 0 Å². The van der Waals surface area contributed by atoms with Crippen molar-refractivity contribution in [1.82, 2.24) is 5.01 Å². The van der Waals surface area contributed by atoms with E-state index in [1.807, 2.05) is 0 Å². The standard InChI is InChI=1S/C9H10ClFN2O/c1-13(12)9(14)5-6-2-3-8(11)7(10)4-6/h2-4H,5,12H2,1H3. The maximum Gasteiger partial charge on any atom is 0.240 e. The third-order valence-electron chi connectivity index (χ3n) is 1.73. The fraction of sp³-hybridized carbons (Fsp3) is 0.222. The number of nitrogens with two attached hydrogens (primary N) is 1. The number of benzene rings is 1. The molecule has 3 nitrogen and oxygen atoms in total. The normalized spacial score (nSPS) is 10.0.